The van der Waals surface area contributed by atoms with Crippen LogP contribution >= 0.6 is 12.6 Å². The van der Waals surface area contributed by atoms with E-state index in [4.69, 9.17) is 22.1 Å². The van der Waals surface area contributed by atoms with Crippen molar-refractivity contribution < 1.29 is 32.2 Å². The highest BCUT2D eigenvalue weighted by Crippen LogP contribution is 2.41. The summed E-state index contributed by atoms with van der Waals surface area (Å²) in [7, 11) is 1.81. The normalized spacial score (nSPS) is 15.0. The van der Waals surface area contributed by atoms with Crippen LogP contribution in [0.2, 0.25) is 0 Å². The van der Waals surface area contributed by atoms with Crippen molar-refractivity contribution in [3.8, 4) is 22.8 Å². The molecule has 0 saturated carbocycles. The van der Waals surface area contributed by atoms with Crippen LogP contribution in [0.4, 0.5) is 13.2 Å². The van der Waals surface area contributed by atoms with Gasteiger partial charge in [0.25, 0.3) is 0 Å². The molecule has 2 aromatic carbocycles. The summed E-state index contributed by atoms with van der Waals surface area (Å²) in [6, 6.07) is 12.4. The standard InChI is InChI=1S/C38H54F3NO4S/c1-12-13-14-15-25-16-19-28(32(20-25)45-38(39,40)41)31-21-26-17-18-27(22-30(26)42(31)11)44-37(10,47)24-36(8,9)46-33(43)29(35(5,6)7)23-34(2,3)4/h16-22,29,47H,12-15,23-24H2,1-11H3. The highest BCUT2D eigenvalue weighted by molar-refractivity contribution is 7.81. The van der Waals surface area contributed by atoms with E-state index in [0.717, 1.165) is 35.7 Å². The number of carbonyl (C=O) groups excluding carboxylic acids is 1. The van der Waals surface area contributed by atoms with Crippen LogP contribution in [0, 0.1) is 16.7 Å². The Balaban J connectivity index is 1.86. The van der Waals surface area contributed by atoms with Gasteiger partial charge in [0.2, 0.25) is 0 Å². The summed E-state index contributed by atoms with van der Waals surface area (Å²) >= 11 is 4.82. The molecule has 262 valence electrons. The zero-order valence-electron chi connectivity index (χ0n) is 30.0. The van der Waals surface area contributed by atoms with E-state index in [9.17, 15) is 18.0 Å². The summed E-state index contributed by atoms with van der Waals surface area (Å²) in [4.78, 5) is 12.4. The van der Waals surface area contributed by atoms with Crippen molar-refractivity contribution >= 4 is 29.5 Å². The molecule has 0 amide bonds. The Kier molecular flexibility index (Phi) is 11.8. The van der Waals surface area contributed by atoms with Gasteiger partial charge >= 0.3 is 12.3 Å². The second kappa shape index (κ2) is 14.4. The van der Waals surface area contributed by atoms with Crippen molar-refractivity contribution in [2.45, 2.75) is 125 Å². The van der Waals surface area contributed by atoms with E-state index in [0.29, 0.717) is 36.3 Å². The molecule has 2 unspecified atom stereocenters. The highest BCUT2D eigenvalue weighted by atomic mass is 32.1. The summed E-state index contributed by atoms with van der Waals surface area (Å²) in [6.45, 7) is 20.2. The molecule has 47 heavy (non-hydrogen) atoms. The van der Waals surface area contributed by atoms with E-state index in [1.54, 1.807) is 13.1 Å². The van der Waals surface area contributed by atoms with Crippen LogP contribution in [-0.4, -0.2) is 27.4 Å². The van der Waals surface area contributed by atoms with Crippen LogP contribution in [-0.2, 0) is 23.0 Å². The Labute approximate surface area is 285 Å². The second-order valence-electron chi connectivity index (χ2n) is 16.0. The first-order valence-electron chi connectivity index (χ1n) is 16.5. The number of carbonyl (C=O) groups is 1. The van der Waals surface area contributed by atoms with Crippen LogP contribution in [0.3, 0.4) is 0 Å². The van der Waals surface area contributed by atoms with Gasteiger partial charge in [-0.1, -0.05) is 67.4 Å². The van der Waals surface area contributed by atoms with Gasteiger partial charge in [-0.25, -0.2) is 0 Å². The van der Waals surface area contributed by atoms with Gasteiger partial charge < -0.3 is 18.8 Å². The molecule has 2 atom stereocenters. The number of nitrogens with zero attached hydrogens (tertiary/aromatic N) is 1. The van der Waals surface area contributed by atoms with Crippen molar-refractivity contribution in [3.05, 3.63) is 48.0 Å². The van der Waals surface area contributed by atoms with E-state index >= 15 is 0 Å². The number of esters is 1. The molecule has 0 spiro atoms. The first-order valence-corrected chi connectivity index (χ1v) is 17.0. The molecule has 0 aliphatic heterocycles. The van der Waals surface area contributed by atoms with Crippen LogP contribution < -0.4 is 9.47 Å². The lowest BCUT2D eigenvalue weighted by Crippen LogP contribution is -2.42. The molecule has 0 saturated heterocycles. The zero-order chi connectivity index (χ0) is 35.6. The van der Waals surface area contributed by atoms with Crippen molar-refractivity contribution in [3.63, 3.8) is 0 Å². The molecule has 3 aromatic rings. The predicted molar refractivity (Wildman–Crippen MR) is 188 cm³/mol. The number of hydrogen-bond donors (Lipinski definition) is 1. The number of halogens is 3. The molecule has 0 N–H and O–H groups in total. The molecular formula is C38H54F3NO4S. The van der Waals surface area contributed by atoms with Crippen LogP contribution in [0.1, 0.15) is 107 Å². The molecule has 9 heteroatoms. The summed E-state index contributed by atoms with van der Waals surface area (Å²) in [5.41, 5.74) is 1.35. The molecule has 0 fully saturated rings. The highest BCUT2D eigenvalue weighted by Gasteiger charge is 2.41. The Morgan fingerprint density at radius 3 is 2.13 bits per heavy atom. The third-order valence-electron chi connectivity index (χ3n) is 8.25. The summed E-state index contributed by atoms with van der Waals surface area (Å²) in [5.74, 6) is -0.197. The lowest BCUT2D eigenvalue weighted by molar-refractivity contribution is -0.274. The maximum Gasteiger partial charge on any atom is 0.573 e. The minimum absolute atomic E-state index is 0.0393. The minimum atomic E-state index is -4.82. The maximum atomic E-state index is 13.5. The quantitative estimate of drug-likeness (QED) is 0.0847. The van der Waals surface area contributed by atoms with E-state index in [2.05, 4.69) is 53.2 Å². The number of fused-ring (bicyclic) bond motifs is 1. The number of rotatable bonds is 13. The smallest absolute Gasteiger partial charge is 0.477 e. The number of hydrogen-bond acceptors (Lipinski definition) is 5. The molecule has 3 rings (SSSR count). The fourth-order valence-electron chi connectivity index (χ4n) is 6.17. The Morgan fingerprint density at radius 1 is 0.894 bits per heavy atom. The Hall–Kier alpha value is -2.81. The van der Waals surface area contributed by atoms with E-state index in [1.807, 2.05) is 55.7 Å². The summed E-state index contributed by atoms with van der Waals surface area (Å²) in [5, 5.41) is 0.835. The number of ether oxygens (including phenoxy) is 3. The van der Waals surface area contributed by atoms with Gasteiger partial charge in [-0.15, -0.1) is 25.8 Å². The number of aromatic nitrogens is 1. The molecule has 0 aliphatic carbocycles. The van der Waals surface area contributed by atoms with Crippen LogP contribution in [0.25, 0.3) is 22.2 Å². The minimum Gasteiger partial charge on any atom is -0.477 e. The molecule has 5 nitrogen and oxygen atoms in total. The topological polar surface area (TPSA) is 49.7 Å². The van der Waals surface area contributed by atoms with Gasteiger partial charge in [0, 0.05) is 30.5 Å². The Bertz CT molecular complexity index is 1530. The van der Waals surface area contributed by atoms with Gasteiger partial charge in [-0.3, -0.25) is 4.79 Å². The first-order chi connectivity index (χ1) is 21.4. The van der Waals surface area contributed by atoms with Crippen molar-refractivity contribution in [1.29, 1.82) is 0 Å². The second-order valence-corrected chi connectivity index (χ2v) is 16.9. The SMILES string of the molecule is CCCCCc1ccc(-c2cc3ccc(OC(C)(S)CC(C)(C)OC(=O)C(CC(C)(C)C)C(C)(C)C)cc3n2C)c(OC(F)(F)F)c1. The molecule has 0 bridgehead atoms. The summed E-state index contributed by atoms with van der Waals surface area (Å²) < 4.78 is 59.2. The lowest BCUT2D eigenvalue weighted by Gasteiger charge is -2.38. The van der Waals surface area contributed by atoms with E-state index < -0.39 is 16.9 Å². The average molecular weight is 678 g/mol. The summed E-state index contributed by atoms with van der Waals surface area (Å²) in [6.07, 6.45) is -0.193. The van der Waals surface area contributed by atoms with E-state index in [-0.39, 0.29) is 28.5 Å². The van der Waals surface area contributed by atoms with Gasteiger partial charge in [-0.2, -0.15) is 0 Å². The molecule has 1 aromatic heterocycles. The van der Waals surface area contributed by atoms with Gasteiger partial charge in [0.1, 0.15) is 17.1 Å². The fraction of sp³-hybridized carbons (Fsp3) is 0.605. The van der Waals surface area contributed by atoms with Gasteiger partial charge in [0.05, 0.1) is 17.1 Å². The first kappa shape index (κ1) is 38.6. The number of benzene rings is 2. The third-order valence-corrected chi connectivity index (χ3v) is 8.50. The molecule has 1 heterocycles. The zero-order valence-corrected chi connectivity index (χ0v) is 30.9. The number of unbranched alkanes of at least 4 members (excludes halogenated alkanes) is 2. The molecule has 0 aliphatic rings. The number of thiol groups is 1. The number of aryl methyl sites for hydroxylation is 2. The largest absolute Gasteiger partial charge is 0.573 e. The van der Waals surface area contributed by atoms with Crippen LogP contribution in [0.15, 0.2) is 42.5 Å². The average Bonchev–Trinajstić information content (AvgIpc) is 3.19. The van der Waals surface area contributed by atoms with Crippen LogP contribution in [0.5, 0.6) is 11.5 Å². The van der Waals surface area contributed by atoms with Crippen molar-refractivity contribution in [1.82, 2.24) is 4.57 Å². The van der Waals surface area contributed by atoms with Crippen molar-refractivity contribution in [2.75, 3.05) is 0 Å². The fourth-order valence-corrected chi connectivity index (χ4v) is 6.65. The number of alkyl halides is 3. The molecule has 0 radical (unpaired) electrons. The predicted octanol–water partition coefficient (Wildman–Crippen LogP) is 11.3. The molecular weight excluding hydrogens is 623 g/mol. The van der Waals surface area contributed by atoms with Gasteiger partial charge in [0.15, 0.2) is 4.93 Å². The third kappa shape index (κ3) is 11.4. The van der Waals surface area contributed by atoms with E-state index in [1.165, 1.54) is 6.07 Å². The lowest BCUT2D eigenvalue weighted by atomic mass is 9.72. The Morgan fingerprint density at radius 2 is 1.55 bits per heavy atom. The monoisotopic (exact) mass is 677 g/mol. The van der Waals surface area contributed by atoms with Gasteiger partial charge in [-0.05, 0) is 86.8 Å². The van der Waals surface area contributed by atoms with Crippen molar-refractivity contribution in [2.24, 2.45) is 23.8 Å². The maximum absolute atomic E-state index is 13.5.